The maximum absolute atomic E-state index is 5.90. The predicted octanol–water partition coefficient (Wildman–Crippen LogP) is 4.39. The molecular formula is C14H13BrClN3S. The van der Waals surface area contributed by atoms with Gasteiger partial charge in [0.25, 0.3) is 0 Å². The summed E-state index contributed by atoms with van der Waals surface area (Å²) in [7, 11) is 0. The van der Waals surface area contributed by atoms with E-state index >= 15 is 0 Å². The maximum atomic E-state index is 5.90. The van der Waals surface area contributed by atoms with E-state index < -0.39 is 0 Å². The number of nitrogens with zero attached hydrogens (tertiary/aromatic N) is 3. The zero-order valence-corrected chi connectivity index (χ0v) is 14.1. The molecule has 0 atom stereocenters. The standard InChI is InChI=1S/C14H13BrClN3S/c1-9-2-3-11-14(17-9)19(13(18-11)4-6-16)8-12-10(15)5-7-20-12/h2-3,5,7H,4,6,8H2,1H3. The van der Waals surface area contributed by atoms with Crippen molar-refractivity contribution in [3.05, 3.63) is 44.4 Å². The van der Waals surface area contributed by atoms with Crippen molar-refractivity contribution in [1.82, 2.24) is 14.5 Å². The summed E-state index contributed by atoms with van der Waals surface area (Å²) < 4.78 is 3.30. The SMILES string of the molecule is Cc1ccc2nc(CCCl)n(Cc3sccc3Br)c2n1. The first-order chi connectivity index (χ1) is 9.69. The summed E-state index contributed by atoms with van der Waals surface area (Å²) in [4.78, 5) is 10.6. The van der Waals surface area contributed by atoms with E-state index in [1.54, 1.807) is 11.3 Å². The van der Waals surface area contributed by atoms with Gasteiger partial charge in [-0.1, -0.05) is 0 Å². The van der Waals surface area contributed by atoms with Gasteiger partial charge in [0.1, 0.15) is 11.3 Å². The van der Waals surface area contributed by atoms with Crippen molar-refractivity contribution in [2.45, 2.75) is 19.9 Å². The summed E-state index contributed by atoms with van der Waals surface area (Å²) in [5, 5.41) is 2.08. The van der Waals surface area contributed by atoms with Crippen molar-refractivity contribution >= 4 is 50.0 Å². The lowest BCUT2D eigenvalue weighted by Crippen LogP contribution is -2.06. The average Bonchev–Trinajstić information content (AvgIpc) is 2.96. The molecule has 6 heteroatoms. The quantitative estimate of drug-likeness (QED) is 0.638. The number of aromatic nitrogens is 3. The molecule has 3 aromatic heterocycles. The Morgan fingerprint density at radius 2 is 2.15 bits per heavy atom. The van der Waals surface area contributed by atoms with Crippen molar-refractivity contribution in [3.63, 3.8) is 0 Å². The van der Waals surface area contributed by atoms with Crippen LogP contribution in [0.2, 0.25) is 0 Å². The number of halogens is 2. The minimum absolute atomic E-state index is 0.563. The van der Waals surface area contributed by atoms with Crippen LogP contribution in [0.15, 0.2) is 28.1 Å². The van der Waals surface area contributed by atoms with Crippen molar-refractivity contribution in [2.75, 3.05) is 5.88 Å². The Bertz CT molecular complexity index is 750. The summed E-state index contributed by atoms with van der Waals surface area (Å²) in [5.41, 5.74) is 2.87. The first-order valence-corrected chi connectivity index (χ1v) is 8.50. The van der Waals surface area contributed by atoms with Gasteiger partial charge in [0.15, 0.2) is 5.65 Å². The second-order valence-corrected chi connectivity index (χ2v) is 6.77. The lowest BCUT2D eigenvalue weighted by atomic mass is 10.3. The highest BCUT2D eigenvalue weighted by atomic mass is 79.9. The van der Waals surface area contributed by atoms with Crippen LogP contribution in [0.3, 0.4) is 0 Å². The molecule has 0 radical (unpaired) electrons. The van der Waals surface area contributed by atoms with Crippen LogP contribution in [-0.4, -0.2) is 20.4 Å². The number of pyridine rings is 1. The van der Waals surface area contributed by atoms with Crippen LogP contribution in [0.25, 0.3) is 11.2 Å². The van der Waals surface area contributed by atoms with Crippen molar-refractivity contribution in [3.8, 4) is 0 Å². The molecule has 0 bridgehead atoms. The van der Waals surface area contributed by atoms with Gasteiger partial charge in [-0.3, -0.25) is 0 Å². The van der Waals surface area contributed by atoms with Crippen LogP contribution >= 0.6 is 38.9 Å². The number of hydrogen-bond acceptors (Lipinski definition) is 3. The van der Waals surface area contributed by atoms with Gasteiger partial charge in [0, 0.05) is 27.3 Å². The molecule has 3 aromatic rings. The lowest BCUT2D eigenvalue weighted by Gasteiger charge is -2.07. The molecule has 0 saturated carbocycles. The topological polar surface area (TPSA) is 30.7 Å². The fourth-order valence-electron chi connectivity index (χ4n) is 2.17. The summed E-state index contributed by atoms with van der Waals surface area (Å²) in [5.74, 6) is 1.56. The lowest BCUT2D eigenvalue weighted by molar-refractivity contribution is 0.753. The van der Waals surface area contributed by atoms with Gasteiger partial charge in [0.05, 0.1) is 6.54 Å². The number of imidazole rings is 1. The van der Waals surface area contributed by atoms with Gasteiger partial charge >= 0.3 is 0 Å². The summed E-state index contributed by atoms with van der Waals surface area (Å²) >= 11 is 11.2. The van der Waals surface area contributed by atoms with E-state index in [1.807, 2.05) is 19.1 Å². The van der Waals surface area contributed by atoms with E-state index in [2.05, 4.69) is 41.9 Å². The molecule has 0 spiro atoms. The summed E-state index contributed by atoms with van der Waals surface area (Å²) in [6.45, 7) is 2.77. The van der Waals surface area contributed by atoms with Crippen LogP contribution in [0.4, 0.5) is 0 Å². The molecule has 0 saturated heterocycles. The van der Waals surface area contributed by atoms with Crippen LogP contribution in [-0.2, 0) is 13.0 Å². The second-order valence-electron chi connectivity index (χ2n) is 4.54. The van der Waals surface area contributed by atoms with Gasteiger partial charge in [-0.2, -0.15) is 0 Å². The zero-order chi connectivity index (χ0) is 14.1. The Kier molecular flexibility index (Phi) is 4.10. The van der Waals surface area contributed by atoms with E-state index in [9.17, 15) is 0 Å². The highest BCUT2D eigenvalue weighted by Crippen LogP contribution is 2.26. The Morgan fingerprint density at radius 1 is 1.30 bits per heavy atom. The molecule has 3 rings (SSSR count). The third-order valence-electron chi connectivity index (χ3n) is 3.12. The third-order valence-corrected chi connectivity index (χ3v) is 5.22. The van der Waals surface area contributed by atoms with Gasteiger partial charge in [-0.05, 0) is 46.4 Å². The molecule has 0 N–H and O–H groups in total. The fourth-order valence-corrected chi connectivity index (χ4v) is 3.80. The van der Waals surface area contributed by atoms with E-state index in [-0.39, 0.29) is 0 Å². The Morgan fingerprint density at radius 3 is 2.85 bits per heavy atom. The molecule has 0 aliphatic carbocycles. The monoisotopic (exact) mass is 369 g/mol. The minimum Gasteiger partial charge on any atom is -0.307 e. The van der Waals surface area contributed by atoms with E-state index in [4.69, 9.17) is 11.6 Å². The van der Waals surface area contributed by atoms with E-state index in [0.29, 0.717) is 5.88 Å². The molecule has 20 heavy (non-hydrogen) atoms. The van der Waals surface area contributed by atoms with Gasteiger partial charge < -0.3 is 4.57 Å². The Labute approximate surface area is 134 Å². The normalized spacial score (nSPS) is 11.3. The molecule has 104 valence electrons. The Hall–Kier alpha value is -0.910. The number of alkyl halides is 1. The molecule has 0 aliphatic heterocycles. The smallest absolute Gasteiger partial charge is 0.160 e. The van der Waals surface area contributed by atoms with Gasteiger partial charge in [-0.15, -0.1) is 22.9 Å². The molecule has 3 nitrogen and oxygen atoms in total. The predicted molar refractivity (Wildman–Crippen MR) is 87.8 cm³/mol. The number of hydrogen-bond donors (Lipinski definition) is 0. The van der Waals surface area contributed by atoms with Crippen LogP contribution in [0.5, 0.6) is 0 Å². The van der Waals surface area contributed by atoms with Crippen molar-refractivity contribution < 1.29 is 0 Å². The minimum atomic E-state index is 0.563. The molecule has 0 aromatic carbocycles. The number of rotatable bonds is 4. The van der Waals surface area contributed by atoms with Crippen molar-refractivity contribution in [2.24, 2.45) is 0 Å². The van der Waals surface area contributed by atoms with E-state index in [1.165, 1.54) is 4.88 Å². The molecule has 3 heterocycles. The van der Waals surface area contributed by atoms with Gasteiger partial charge in [0.2, 0.25) is 0 Å². The largest absolute Gasteiger partial charge is 0.307 e. The van der Waals surface area contributed by atoms with Crippen LogP contribution in [0.1, 0.15) is 16.4 Å². The van der Waals surface area contributed by atoms with Gasteiger partial charge in [-0.25, -0.2) is 9.97 Å². The summed E-state index contributed by atoms with van der Waals surface area (Å²) in [6, 6.07) is 6.08. The number of aryl methyl sites for hydroxylation is 2. The van der Waals surface area contributed by atoms with Crippen molar-refractivity contribution in [1.29, 1.82) is 0 Å². The van der Waals surface area contributed by atoms with Crippen LogP contribution in [0, 0.1) is 6.92 Å². The highest BCUT2D eigenvalue weighted by Gasteiger charge is 2.13. The molecule has 0 fully saturated rings. The zero-order valence-electron chi connectivity index (χ0n) is 10.9. The maximum Gasteiger partial charge on any atom is 0.160 e. The second kappa shape index (κ2) is 5.84. The Balaban J connectivity index is 2.12. The highest BCUT2D eigenvalue weighted by molar-refractivity contribution is 9.10. The molecule has 0 amide bonds. The third kappa shape index (κ3) is 2.62. The molecule has 0 unspecified atom stereocenters. The first kappa shape index (κ1) is 14.0. The number of thiophene rings is 1. The molecule has 0 aliphatic rings. The first-order valence-electron chi connectivity index (χ1n) is 6.29. The average molecular weight is 371 g/mol. The summed E-state index contributed by atoms with van der Waals surface area (Å²) in [6.07, 6.45) is 0.750. The number of fused-ring (bicyclic) bond motifs is 1. The van der Waals surface area contributed by atoms with E-state index in [0.717, 1.165) is 40.1 Å². The van der Waals surface area contributed by atoms with Crippen LogP contribution < -0.4 is 0 Å². The molecular weight excluding hydrogens is 358 g/mol. The fraction of sp³-hybridized carbons (Fsp3) is 0.286.